The van der Waals surface area contributed by atoms with Crippen LogP contribution in [-0.2, 0) is 14.3 Å². The molecule has 0 saturated heterocycles. The van der Waals surface area contributed by atoms with Crippen LogP contribution in [0.15, 0.2) is 36.5 Å². The Morgan fingerprint density at radius 3 is 0.845 bits per heavy atom. The molecule has 6 nitrogen and oxygen atoms in total. The highest BCUT2D eigenvalue weighted by Crippen LogP contribution is 2.19. The molecule has 6 heteroatoms. The molecule has 0 fully saturated rings. The number of hydrogen-bond acceptors (Lipinski definition) is 5. The first-order valence-electron chi connectivity index (χ1n) is 38.3. The van der Waals surface area contributed by atoms with E-state index in [1.807, 2.05) is 6.08 Å². The van der Waals surface area contributed by atoms with E-state index < -0.39 is 12.1 Å². The first-order valence-corrected chi connectivity index (χ1v) is 38.3. The van der Waals surface area contributed by atoms with Gasteiger partial charge in [-0.25, -0.2) is 0 Å². The first kappa shape index (κ1) is 82.1. The largest absolute Gasteiger partial charge is 0.466 e. The number of esters is 1. The summed E-state index contributed by atoms with van der Waals surface area (Å²) in [5.41, 5.74) is 0. The lowest BCUT2D eigenvalue weighted by atomic mass is 10.0. The quantitative estimate of drug-likeness (QED) is 0.0320. The Hall–Kier alpha value is -1.92. The van der Waals surface area contributed by atoms with E-state index in [9.17, 15) is 19.8 Å². The zero-order valence-corrected chi connectivity index (χ0v) is 56.9. The summed E-state index contributed by atoms with van der Waals surface area (Å²) >= 11 is 0. The van der Waals surface area contributed by atoms with Gasteiger partial charge in [-0.05, 0) is 83.5 Å². The van der Waals surface area contributed by atoms with Crippen molar-refractivity contribution in [2.75, 3.05) is 13.2 Å². The number of allylic oxidation sites excluding steroid dienone is 5. The lowest BCUT2D eigenvalue weighted by Crippen LogP contribution is -2.45. The van der Waals surface area contributed by atoms with Gasteiger partial charge in [-0.15, -0.1) is 0 Å². The minimum absolute atomic E-state index is 0.0126. The Morgan fingerprint density at radius 2 is 0.560 bits per heavy atom. The highest BCUT2D eigenvalue weighted by Gasteiger charge is 2.18. The molecule has 2 unspecified atom stereocenters. The van der Waals surface area contributed by atoms with Gasteiger partial charge in [-0.2, -0.15) is 0 Å². The predicted octanol–water partition coefficient (Wildman–Crippen LogP) is 25.0. The molecule has 0 aromatic heterocycles. The summed E-state index contributed by atoms with van der Waals surface area (Å²) in [5.74, 6) is -0.0486. The van der Waals surface area contributed by atoms with Gasteiger partial charge >= 0.3 is 5.97 Å². The molecule has 0 saturated carbocycles. The molecule has 0 aliphatic heterocycles. The van der Waals surface area contributed by atoms with Crippen LogP contribution in [0.3, 0.4) is 0 Å². The number of carbonyl (C=O) groups is 2. The number of rotatable bonds is 72. The van der Waals surface area contributed by atoms with E-state index in [0.29, 0.717) is 19.4 Å². The fourth-order valence-electron chi connectivity index (χ4n) is 12.0. The Morgan fingerprint density at radius 1 is 0.321 bits per heavy atom. The van der Waals surface area contributed by atoms with Crippen molar-refractivity contribution in [1.29, 1.82) is 0 Å². The van der Waals surface area contributed by atoms with E-state index in [4.69, 9.17) is 4.74 Å². The molecule has 0 radical (unpaired) electrons. The smallest absolute Gasteiger partial charge is 0.305 e. The number of amides is 1. The van der Waals surface area contributed by atoms with Crippen molar-refractivity contribution >= 4 is 11.9 Å². The molecular formula is C78H149NO5. The van der Waals surface area contributed by atoms with Crippen LogP contribution in [0.25, 0.3) is 0 Å². The van der Waals surface area contributed by atoms with Gasteiger partial charge in [0.25, 0.3) is 0 Å². The third-order valence-electron chi connectivity index (χ3n) is 17.9. The maximum atomic E-state index is 12.5. The number of nitrogens with one attached hydrogen (secondary N) is 1. The fraction of sp³-hybridized carbons (Fsp3) is 0.897. The Bertz CT molecular complexity index is 1360. The SMILES string of the molecule is CCCCCCCC/C=C\CCCCCCCC(=O)OCCCCCCCCCCCCCCCC/C=C\CCCCCCCCCCCCCCCCCCCC(=O)NC(CO)C(O)/C=C/CCCCCCCCCCCCCCCCC. The van der Waals surface area contributed by atoms with Crippen LogP contribution >= 0.6 is 0 Å². The summed E-state index contributed by atoms with van der Waals surface area (Å²) < 4.78 is 5.50. The molecule has 0 aliphatic rings. The van der Waals surface area contributed by atoms with Gasteiger partial charge in [0.1, 0.15) is 0 Å². The van der Waals surface area contributed by atoms with Crippen LogP contribution in [0.4, 0.5) is 0 Å². The van der Waals surface area contributed by atoms with Gasteiger partial charge in [-0.1, -0.05) is 365 Å². The third kappa shape index (κ3) is 69.2. The number of hydrogen-bond donors (Lipinski definition) is 3. The standard InChI is InChI=1S/C78H149NO5/c1-3-5-7-9-11-13-15-17-19-39-43-46-50-54-58-62-66-70-76(81)75(74-80)79-77(82)71-67-63-59-55-51-47-44-40-37-35-33-31-29-27-25-23-21-20-22-24-26-28-30-32-34-36-38-41-45-49-53-57-61-65-69-73-84-78(83)72-68-64-60-56-52-48-42-18-16-14-12-10-8-6-4-2/h18,22,24,42,66,70,75-76,80-81H,3-17,19-21,23,25-41,43-65,67-69,71-74H2,1-2H3,(H,79,82)/b24-22-,42-18-,70-66+. The summed E-state index contributed by atoms with van der Waals surface area (Å²) in [7, 11) is 0. The summed E-state index contributed by atoms with van der Waals surface area (Å²) in [5, 5.41) is 23.2. The van der Waals surface area contributed by atoms with Crippen molar-refractivity contribution in [3.63, 3.8) is 0 Å². The molecule has 2 atom stereocenters. The van der Waals surface area contributed by atoms with Crippen LogP contribution in [0.5, 0.6) is 0 Å². The van der Waals surface area contributed by atoms with Crippen LogP contribution in [-0.4, -0.2) is 47.4 Å². The molecule has 0 heterocycles. The summed E-state index contributed by atoms with van der Waals surface area (Å²) in [4.78, 5) is 24.6. The molecule has 0 aliphatic carbocycles. The summed E-state index contributed by atoms with van der Waals surface area (Å²) in [6.45, 7) is 4.93. The second-order valence-corrected chi connectivity index (χ2v) is 26.3. The maximum absolute atomic E-state index is 12.5. The predicted molar refractivity (Wildman–Crippen MR) is 370 cm³/mol. The fourth-order valence-corrected chi connectivity index (χ4v) is 12.0. The third-order valence-corrected chi connectivity index (χ3v) is 17.9. The second-order valence-electron chi connectivity index (χ2n) is 26.3. The van der Waals surface area contributed by atoms with Crippen molar-refractivity contribution in [3.05, 3.63) is 36.5 Å². The van der Waals surface area contributed by atoms with E-state index in [0.717, 1.165) is 44.9 Å². The van der Waals surface area contributed by atoms with Crippen LogP contribution < -0.4 is 5.32 Å². The van der Waals surface area contributed by atoms with Gasteiger partial charge in [0.2, 0.25) is 5.91 Å². The minimum Gasteiger partial charge on any atom is -0.466 e. The molecule has 0 aromatic rings. The number of aliphatic hydroxyl groups is 2. The Labute approximate surface area is 525 Å². The molecule has 496 valence electrons. The maximum Gasteiger partial charge on any atom is 0.305 e. The summed E-state index contributed by atoms with van der Waals surface area (Å²) in [6, 6.07) is -0.625. The zero-order valence-electron chi connectivity index (χ0n) is 56.9. The van der Waals surface area contributed by atoms with Crippen molar-refractivity contribution < 1.29 is 24.5 Å². The van der Waals surface area contributed by atoms with Gasteiger partial charge in [0.05, 0.1) is 25.4 Å². The summed E-state index contributed by atoms with van der Waals surface area (Å²) in [6.07, 6.45) is 95.4. The first-order chi connectivity index (χ1) is 41.5. The number of ether oxygens (including phenoxy) is 1. The minimum atomic E-state index is -0.842. The number of aliphatic hydroxyl groups excluding tert-OH is 2. The molecule has 0 rings (SSSR count). The average Bonchev–Trinajstić information content (AvgIpc) is 3.51. The van der Waals surface area contributed by atoms with Crippen molar-refractivity contribution in [3.8, 4) is 0 Å². The van der Waals surface area contributed by atoms with Gasteiger partial charge in [0.15, 0.2) is 0 Å². The Kier molecular flexibility index (Phi) is 71.9. The van der Waals surface area contributed by atoms with Gasteiger partial charge in [0, 0.05) is 12.8 Å². The van der Waals surface area contributed by atoms with E-state index in [1.165, 1.54) is 353 Å². The normalized spacial score (nSPS) is 12.7. The highest BCUT2D eigenvalue weighted by atomic mass is 16.5. The Balaban J connectivity index is 3.35. The second kappa shape index (κ2) is 73.5. The van der Waals surface area contributed by atoms with E-state index >= 15 is 0 Å². The average molecular weight is 1180 g/mol. The van der Waals surface area contributed by atoms with E-state index in [-0.39, 0.29) is 18.5 Å². The van der Waals surface area contributed by atoms with Crippen molar-refractivity contribution in [2.45, 2.75) is 437 Å². The van der Waals surface area contributed by atoms with Crippen LogP contribution in [0.2, 0.25) is 0 Å². The van der Waals surface area contributed by atoms with Gasteiger partial charge in [-0.3, -0.25) is 9.59 Å². The van der Waals surface area contributed by atoms with Crippen molar-refractivity contribution in [2.24, 2.45) is 0 Å². The van der Waals surface area contributed by atoms with Crippen LogP contribution in [0, 0.1) is 0 Å². The van der Waals surface area contributed by atoms with E-state index in [2.05, 4.69) is 43.5 Å². The molecular weight excluding hydrogens is 1030 g/mol. The molecule has 0 spiro atoms. The van der Waals surface area contributed by atoms with E-state index in [1.54, 1.807) is 6.08 Å². The number of carbonyl (C=O) groups excluding carboxylic acids is 2. The molecule has 84 heavy (non-hydrogen) atoms. The molecule has 0 aromatic carbocycles. The highest BCUT2D eigenvalue weighted by molar-refractivity contribution is 5.76. The topological polar surface area (TPSA) is 95.9 Å². The van der Waals surface area contributed by atoms with Crippen LogP contribution in [0.1, 0.15) is 425 Å². The van der Waals surface area contributed by atoms with Gasteiger partial charge < -0.3 is 20.3 Å². The van der Waals surface area contributed by atoms with Crippen molar-refractivity contribution in [1.82, 2.24) is 5.32 Å². The monoisotopic (exact) mass is 1180 g/mol. The molecule has 1 amide bonds. The molecule has 0 bridgehead atoms. The number of unbranched alkanes of at least 4 members (excludes halogenated alkanes) is 57. The zero-order chi connectivity index (χ0) is 60.6. The lowest BCUT2D eigenvalue weighted by molar-refractivity contribution is -0.143. The lowest BCUT2D eigenvalue weighted by Gasteiger charge is -2.20. The molecule has 3 N–H and O–H groups in total.